The van der Waals surface area contributed by atoms with Crippen LogP contribution in [0.25, 0.3) is 11.5 Å². The minimum atomic E-state index is -0.718. The molecule has 0 radical (unpaired) electrons. The molecule has 1 heterocycles. The van der Waals surface area contributed by atoms with Crippen molar-refractivity contribution in [3.8, 4) is 11.5 Å². The van der Waals surface area contributed by atoms with Crippen LogP contribution in [0, 0.1) is 10.1 Å². The summed E-state index contributed by atoms with van der Waals surface area (Å²) in [7, 11) is 0. The average molecular weight is 381 g/mol. The molecule has 0 aliphatic rings. The number of nitrogens with zero attached hydrogens (tertiary/aromatic N) is 3. The van der Waals surface area contributed by atoms with Crippen molar-refractivity contribution >= 4 is 11.7 Å². The van der Waals surface area contributed by atoms with Crippen LogP contribution in [0.15, 0.2) is 59.0 Å². The molecule has 0 aliphatic carbocycles. The minimum Gasteiger partial charge on any atom is -0.452 e. The van der Waals surface area contributed by atoms with E-state index >= 15 is 0 Å². The van der Waals surface area contributed by atoms with Crippen LogP contribution >= 0.6 is 0 Å². The minimum absolute atomic E-state index is 0.0303. The monoisotopic (exact) mass is 381 g/mol. The van der Waals surface area contributed by atoms with E-state index < -0.39 is 11.0 Å². The van der Waals surface area contributed by atoms with Crippen LogP contribution < -0.4 is 0 Å². The Morgan fingerprint density at radius 3 is 2.43 bits per heavy atom. The fourth-order valence-corrected chi connectivity index (χ4v) is 2.77. The molecule has 0 fully saturated rings. The van der Waals surface area contributed by atoms with Crippen molar-refractivity contribution in [2.45, 2.75) is 32.3 Å². The lowest BCUT2D eigenvalue weighted by Crippen LogP contribution is -2.17. The standard InChI is InChI=1S/C20H19N3O5/c1-3-17(14-7-5-4-6-8-14)20(24)27-13(2)18-21-22-19(28-18)15-9-11-16(12-10-15)23(25)26/h4-13,17H,3H2,1-2H3/t13-,17+/m0/s1. The lowest BCUT2D eigenvalue weighted by Gasteiger charge is -2.16. The smallest absolute Gasteiger partial charge is 0.314 e. The third-order valence-corrected chi connectivity index (χ3v) is 4.30. The molecule has 8 heteroatoms. The van der Waals surface area contributed by atoms with E-state index in [0.29, 0.717) is 12.0 Å². The van der Waals surface area contributed by atoms with Crippen LogP contribution in [0.3, 0.4) is 0 Å². The highest BCUT2D eigenvalue weighted by atomic mass is 16.6. The van der Waals surface area contributed by atoms with E-state index in [2.05, 4.69) is 10.2 Å². The van der Waals surface area contributed by atoms with Gasteiger partial charge in [-0.2, -0.15) is 0 Å². The topological polar surface area (TPSA) is 108 Å². The second kappa shape index (κ2) is 8.43. The van der Waals surface area contributed by atoms with Crippen LogP contribution in [0.5, 0.6) is 0 Å². The van der Waals surface area contributed by atoms with E-state index in [0.717, 1.165) is 5.56 Å². The van der Waals surface area contributed by atoms with Gasteiger partial charge in [-0.1, -0.05) is 37.3 Å². The average Bonchev–Trinajstić information content (AvgIpc) is 3.20. The summed E-state index contributed by atoms with van der Waals surface area (Å²) in [5.41, 5.74) is 1.40. The maximum Gasteiger partial charge on any atom is 0.314 e. The molecule has 0 saturated heterocycles. The van der Waals surface area contributed by atoms with E-state index in [1.807, 2.05) is 37.3 Å². The maximum atomic E-state index is 12.6. The second-order valence-corrected chi connectivity index (χ2v) is 6.20. The third kappa shape index (κ3) is 4.22. The number of nitro groups is 1. The third-order valence-electron chi connectivity index (χ3n) is 4.30. The maximum absolute atomic E-state index is 12.6. The summed E-state index contributed by atoms with van der Waals surface area (Å²) in [6.07, 6.45) is -0.113. The van der Waals surface area contributed by atoms with Crippen LogP contribution in [-0.4, -0.2) is 21.1 Å². The van der Waals surface area contributed by atoms with Crippen molar-refractivity contribution in [3.63, 3.8) is 0 Å². The molecule has 8 nitrogen and oxygen atoms in total. The van der Waals surface area contributed by atoms with Crippen molar-refractivity contribution < 1.29 is 18.9 Å². The Hall–Kier alpha value is -3.55. The predicted molar refractivity (Wildman–Crippen MR) is 100 cm³/mol. The van der Waals surface area contributed by atoms with Crippen molar-refractivity contribution in [1.82, 2.24) is 10.2 Å². The van der Waals surface area contributed by atoms with E-state index in [-0.39, 0.29) is 29.4 Å². The highest BCUT2D eigenvalue weighted by molar-refractivity contribution is 5.78. The number of carbonyl (C=O) groups is 1. The zero-order valence-corrected chi connectivity index (χ0v) is 15.4. The van der Waals surface area contributed by atoms with Crippen molar-refractivity contribution in [2.75, 3.05) is 0 Å². The summed E-state index contributed by atoms with van der Waals surface area (Å²) in [6.45, 7) is 3.58. The Balaban J connectivity index is 1.70. The van der Waals surface area contributed by atoms with Gasteiger partial charge in [-0.15, -0.1) is 10.2 Å². The largest absolute Gasteiger partial charge is 0.452 e. The van der Waals surface area contributed by atoms with Gasteiger partial charge < -0.3 is 9.15 Å². The zero-order chi connectivity index (χ0) is 20.1. The van der Waals surface area contributed by atoms with E-state index in [1.54, 1.807) is 6.92 Å². The molecule has 3 rings (SSSR count). The molecule has 0 aliphatic heterocycles. The number of non-ortho nitro benzene ring substituents is 1. The molecule has 3 aromatic rings. The summed E-state index contributed by atoms with van der Waals surface area (Å²) >= 11 is 0. The number of ether oxygens (including phenoxy) is 1. The van der Waals surface area contributed by atoms with Crippen molar-refractivity contribution in [2.24, 2.45) is 0 Å². The lowest BCUT2D eigenvalue weighted by atomic mass is 9.97. The highest BCUT2D eigenvalue weighted by Gasteiger charge is 2.25. The molecule has 1 aromatic heterocycles. The molecule has 28 heavy (non-hydrogen) atoms. The van der Waals surface area contributed by atoms with Crippen LogP contribution in [0.1, 0.15) is 43.7 Å². The van der Waals surface area contributed by atoms with E-state index in [9.17, 15) is 14.9 Å². The number of aromatic nitrogens is 2. The highest BCUT2D eigenvalue weighted by Crippen LogP contribution is 2.27. The first-order valence-electron chi connectivity index (χ1n) is 8.83. The first-order chi connectivity index (χ1) is 13.5. The SMILES string of the molecule is CC[C@@H](C(=O)O[C@@H](C)c1nnc(-c2ccc([N+](=O)[O-])cc2)o1)c1ccccc1. The van der Waals surface area contributed by atoms with Gasteiger partial charge in [0.1, 0.15) is 0 Å². The van der Waals surface area contributed by atoms with Gasteiger partial charge in [0, 0.05) is 17.7 Å². The van der Waals surface area contributed by atoms with Gasteiger partial charge in [0.2, 0.25) is 5.89 Å². The van der Waals surface area contributed by atoms with Gasteiger partial charge in [0.05, 0.1) is 10.8 Å². The number of rotatable bonds is 7. The normalized spacial score (nSPS) is 12.9. The van der Waals surface area contributed by atoms with Crippen LogP contribution in [0.4, 0.5) is 5.69 Å². The first-order valence-corrected chi connectivity index (χ1v) is 8.83. The lowest BCUT2D eigenvalue weighted by molar-refractivity contribution is -0.384. The van der Waals surface area contributed by atoms with E-state index in [1.165, 1.54) is 24.3 Å². The first kappa shape index (κ1) is 19.2. The molecule has 2 aromatic carbocycles. The molecular weight excluding hydrogens is 362 g/mol. The number of hydrogen-bond donors (Lipinski definition) is 0. The fraction of sp³-hybridized carbons (Fsp3) is 0.250. The number of nitro benzene ring substituents is 1. The van der Waals surface area contributed by atoms with Crippen molar-refractivity contribution in [3.05, 3.63) is 76.2 Å². The molecule has 2 atom stereocenters. The number of esters is 1. The van der Waals surface area contributed by atoms with Crippen molar-refractivity contribution in [1.29, 1.82) is 0 Å². The van der Waals surface area contributed by atoms with Crippen LogP contribution in [0.2, 0.25) is 0 Å². The van der Waals surface area contributed by atoms with Gasteiger partial charge in [-0.25, -0.2) is 0 Å². The summed E-state index contributed by atoms with van der Waals surface area (Å²) in [4.78, 5) is 22.8. The molecule has 0 unspecified atom stereocenters. The fourth-order valence-electron chi connectivity index (χ4n) is 2.77. The Morgan fingerprint density at radius 1 is 1.14 bits per heavy atom. The number of hydrogen-bond acceptors (Lipinski definition) is 7. The molecule has 0 saturated carbocycles. The summed E-state index contributed by atoms with van der Waals surface area (Å²) in [6, 6.07) is 15.2. The molecule has 0 spiro atoms. The summed E-state index contributed by atoms with van der Waals surface area (Å²) in [5.74, 6) is -0.385. The summed E-state index contributed by atoms with van der Waals surface area (Å²) < 4.78 is 11.1. The van der Waals surface area contributed by atoms with Gasteiger partial charge in [-0.3, -0.25) is 14.9 Å². The van der Waals surface area contributed by atoms with Gasteiger partial charge in [0.15, 0.2) is 6.10 Å². The number of carbonyl (C=O) groups excluding carboxylic acids is 1. The molecule has 144 valence electrons. The molecular formula is C20H19N3O5. The Morgan fingerprint density at radius 2 is 1.82 bits per heavy atom. The van der Waals surface area contributed by atoms with Gasteiger partial charge in [0.25, 0.3) is 11.6 Å². The Labute approximate surface area is 161 Å². The zero-order valence-electron chi connectivity index (χ0n) is 15.4. The Kier molecular flexibility index (Phi) is 5.78. The quantitative estimate of drug-likeness (QED) is 0.338. The number of benzene rings is 2. The Bertz CT molecular complexity index is 953. The second-order valence-electron chi connectivity index (χ2n) is 6.20. The molecule has 0 amide bonds. The van der Waals surface area contributed by atoms with E-state index in [4.69, 9.17) is 9.15 Å². The predicted octanol–water partition coefficient (Wildman–Crippen LogP) is 4.44. The van der Waals surface area contributed by atoms with Crippen LogP contribution in [-0.2, 0) is 9.53 Å². The molecule has 0 N–H and O–H groups in total. The van der Waals surface area contributed by atoms with Gasteiger partial charge >= 0.3 is 5.97 Å². The molecule has 0 bridgehead atoms. The summed E-state index contributed by atoms with van der Waals surface area (Å²) in [5, 5.41) is 18.6. The van der Waals surface area contributed by atoms with Gasteiger partial charge in [-0.05, 0) is 31.0 Å².